The lowest BCUT2D eigenvalue weighted by atomic mass is 10.1. The van der Waals surface area contributed by atoms with Crippen molar-refractivity contribution in [3.05, 3.63) is 260 Å². The first-order valence-electron chi connectivity index (χ1n) is 34.0. The highest BCUT2D eigenvalue weighted by Gasteiger charge is 2.22. The molecule has 13 aromatic rings. The van der Waals surface area contributed by atoms with Gasteiger partial charge in [-0.25, -0.2) is 19.9 Å². The van der Waals surface area contributed by atoms with Gasteiger partial charge in [0.25, 0.3) is 16.7 Å². The Hall–Kier alpha value is -12.2. The summed E-state index contributed by atoms with van der Waals surface area (Å²) in [6.45, 7) is 19.1. The van der Waals surface area contributed by atoms with Crippen LogP contribution in [0.4, 0.5) is 11.5 Å². The van der Waals surface area contributed by atoms with E-state index >= 15 is 0 Å². The molecule has 0 radical (unpaired) electrons. The highest BCUT2D eigenvalue weighted by molar-refractivity contribution is 5.74. The van der Waals surface area contributed by atoms with Crippen LogP contribution < -0.4 is 38.4 Å². The van der Waals surface area contributed by atoms with Crippen LogP contribution in [0.2, 0.25) is 0 Å². The van der Waals surface area contributed by atoms with Gasteiger partial charge in [0.2, 0.25) is 0 Å². The number of aryl methyl sites for hydroxylation is 2. The first kappa shape index (κ1) is 70.7. The lowest BCUT2D eigenvalue weighted by molar-refractivity contribution is 0.0687. The summed E-state index contributed by atoms with van der Waals surface area (Å²) < 4.78 is 27.5. The van der Waals surface area contributed by atoms with E-state index in [1.807, 2.05) is 147 Å². The SMILES string of the molecule is C=Cc1cc(-c2cnc(C)c(-c3cc(-c4ccc(CNC)cc4)no3)n2)cn(C(C)C)c1=O.CC(C)n1cc(-c2cnc(N)c(-c3cc(-c4ccc(CNc5ccccc5)cc4)no3)n2)ccc1=O.CNCc1ccc(-c2cc(-c3nc(-c4ccc(=O)n(C5CCOCC5)c4)cnc3C)on2)cc1.[HH].[HH]. The predicted octanol–water partition coefficient (Wildman–Crippen LogP) is 14.8. The van der Waals surface area contributed by atoms with E-state index in [9.17, 15) is 14.4 Å². The highest BCUT2D eigenvalue weighted by Crippen LogP contribution is 2.34. The van der Waals surface area contributed by atoms with Crippen molar-refractivity contribution in [3.8, 4) is 102 Å². The molecule has 1 aliphatic heterocycles. The molecule has 0 spiro atoms. The summed E-state index contributed by atoms with van der Waals surface area (Å²) in [5, 5.41) is 22.4. The van der Waals surface area contributed by atoms with Crippen LogP contribution in [0.5, 0.6) is 0 Å². The molecule has 23 nitrogen and oxygen atoms in total. The topological polar surface area (TPSA) is 293 Å². The Morgan fingerprint density at radius 3 is 1.45 bits per heavy atom. The van der Waals surface area contributed by atoms with E-state index in [2.05, 4.69) is 94.3 Å². The van der Waals surface area contributed by atoms with Gasteiger partial charge >= 0.3 is 0 Å². The summed E-state index contributed by atoms with van der Waals surface area (Å²) in [4.78, 5) is 64.9. The smallest absolute Gasteiger partial charge is 0.258 e. The van der Waals surface area contributed by atoms with Gasteiger partial charge in [0.1, 0.15) is 28.5 Å². The van der Waals surface area contributed by atoms with Crippen LogP contribution in [0.1, 0.15) is 95.2 Å². The quantitative estimate of drug-likeness (QED) is 0.0551. The molecule has 1 saturated heterocycles. The average molecular weight is 1380 g/mol. The molecular weight excluding hydrogens is 1300 g/mol. The zero-order valence-corrected chi connectivity index (χ0v) is 58.7. The summed E-state index contributed by atoms with van der Waals surface area (Å²) in [6, 6.07) is 48.7. The standard InChI is InChI=1S/C28H26N6O2.C26H27N5O3.C26H27N5O2.2H2/c1-18(2)34-17-21(12-13-26(34)35)24-16-31-28(29)27(32-24)25-14-23(33-36-25)20-10-8-19(9-11-20)15-30-22-6-4-3-5-7-22;1-17-26(24-13-22(30-34-24)19-5-3-18(4-6-19)14-27-2)29-23(15-28-17)20-7-8-25(32)31(16-20)21-9-11-33-12-10-21;1-6-19-11-21(15-31(16(2)3)26(19)32)23-14-28-17(4)25(29-23)24-12-22(30-33-24)20-9-7-18(8-10-20)13-27-5;;/h3-14,16-18,30H,15H2,1-2H3,(H2,29,31);3-8,13,15-16,21,27H,9-12,14H2,1-2H3;6-12,14-16,27H,1,13H2,2-5H3;2*1H. The minimum atomic E-state index is -0.0790. The average Bonchev–Trinajstić information content (AvgIpc) is 1.78. The minimum absolute atomic E-state index is 0. The van der Waals surface area contributed by atoms with E-state index < -0.39 is 0 Å². The number of nitrogen functional groups attached to an aromatic ring is 1. The lowest BCUT2D eigenvalue weighted by Gasteiger charge is -2.24. The summed E-state index contributed by atoms with van der Waals surface area (Å²) in [5.41, 5.74) is 23.5. The summed E-state index contributed by atoms with van der Waals surface area (Å²) >= 11 is 0. The van der Waals surface area contributed by atoms with E-state index in [1.54, 1.807) is 74.9 Å². The van der Waals surface area contributed by atoms with Gasteiger partial charge in [0.05, 0.1) is 47.1 Å². The third-order valence-corrected chi connectivity index (χ3v) is 17.5. The molecule has 23 heteroatoms. The maximum absolute atomic E-state index is 12.6. The van der Waals surface area contributed by atoms with E-state index in [0.717, 1.165) is 99.9 Å². The number of rotatable bonds is 20. The van der Waals surface area contributed by atoms with Crippen LogP contribution in [0.3, 0.4) is 0 Å². The monoisotopic (exact) mass is 1380 g/mol. The number of hydrogen-bond donors (Lipinski definition) is 4. The Kier molecular flexibility index (Phi) is 22.3. The Morgan fingerprint density at radius 2 is 0.951 bits per heavy atom. The molecule has 0 saturated carbocycles. The van der Waals surface area contributed by atoms with Gasteiger partial charge in [0, 0.05) is 147 Å². The minimum Gasteiger partial charge on any atom is -0.382 e. The third kappa shape index (κ3) is 16.8. The number of aromatic nitrogens is 12. The fourth-order valence-electron chi connectivity index (χ4n) is 11.7. The lowest BCUT2D eigenvalue weighted by Crippen LogP contribution is -2.28. The van der Waals surface area contributed by atoms with Crippen molar-refractivity contribution >= 4 is 17.6 Å². The number of ether oxygens (including phenoxy) is 1. The van der Waals surface area contributed by atoms with Crippen LogP contribution in [0, 0.1) is 13.8 Å². The molecule has 103 heavy (non-hydrogen) atoms. The Morgan fingerprint density at radius 1 is 0.515 bits per heavy atom. The van der Waals surface area contributed by atoms with Crippen LogP contribution >= 0.6 is 0 Å². The van der Waals surface area contributed by atoms with Crippen molar-refractivity contribution in [2.24, 2.45) is 0 Å². The van der Waals surface area contributed by atoms with Gasteiger partial charge < -0.3 is 53.7 Å². The summed E-state index contributed by atoms with van der Waals surface area (Å²) in [7, 11) is 3.85. The number of benzene rings is 4. The number of nitrogens with one attached hydrogen (secondary N) is 3. The van der Waals surface area contributed by atoms with Crippen molar-refractivity contribution in [2.45, 2.75) is 92.1 Å². The molecule has 0 unspecified atom stereocenters. The molecule has 4 aromatic carbocycles. The summed E-state index contributed by atoms with van der Waals surface area (Å²) in [6.07, 6.45) is 13.7. The second-order valence-corrected chi connectivity index (χ2v) is 25.4. The zero-order chi connectivity index (χ0) is 72.1. The van der Waals surface area contributed by atoms with Crippen molar-refractivity contribution in [1.29, 1.82) is 0 Å². The van der Waals surface area contributed by atoms with E-state index in [1.165, 1.54) is 17.2 Å². The predicted molar refractivity (Wildman–Crippen MR) is 405 cm³/mol. The fraction of sp³-hybridized carbons (Fsp3) is 0.225. The molecule has 526 valence electrons. The van der Waals surface area contributed by atoms with Crippen LogP contribution in [-0.2, 0) is 24.4 Å². The van der Waals surface area contributed by atoms with Crippen LogP contribution in [0.25, 0.3) is 108 Å². The molecule has 5 N–H and O–H groups in total. The van der Waals surface area contributed by atoms with Gasteiger partial charge in [0.15, 0.2) is 28.8 Å². The number of hydrogen-bond acceptors (Lipinski definition) is 20. The molecule has 0 bridgehead atoms. The molecule has 14 rings (SSSR count). The highest BCUT2D eigenvalue weighted by atomic mass is 16.5. The third-order valence-electron chi connectivity index (χ3n) is 17.5. The van der Waals surface area contributed by atoms with Gasteiger partial charge in [-0.1, -0.05) is 119 Å². The number of anilines is 2. The van der Waals surface area contributed by atoms with E-state index in [0.29, 0.717) is 75.9 Å². The number of pyridine rings is 3. The van der Waals surface area contributed by atoms with Crippen molar-refractivity contribution < 1.29 is 21.2 Å². The molecule has 0 aliphatic carbocycles. The molecule has 1 fully saturated rings. The van der Waals surface area contributed by atoms with Gasteiger partial charge in [-0.05, 0) is 116 Å². The maximum Gasteiger partial charge on any atom is 0.258 e. The molecule has 10 heterocycles. The van der Waals surface area contributed by atoms with Crippen LogP contribution in [0.15, 0.2) is 223 Å². The molecular formula is C80H84N16O7. The van der Waals surface area contributed by atoms with E-state index in [4.69, 9.17) is 34.0 Å². The van der Waals surface area contributed by atoms with Crippen LogP contribution in [-0.4, -0.2) is 86.4 Å². The molecule has 0 atom stereocenters. The number of para-hydroxylation sites is 1. The Bertz CT molecular complexity index is 5280. The first-order chi connectivity index (χ1) is 50.0. The van der Waals surface area contributed by atoms with Crippen molar-refractivity contribution in [3.63, 3.8) is 0 Å². The molecule has 0 amide bonds. The number of nitrogens with zero attached hydrogens (tertiary/aromatic N) is 12. The largest absolute Gasteiger partial charge is 0.382 e. The first-order valence-corrected chi connectivity index (χ1v) is 34.0. The summed E-state index contributed by atoms with van der Waals surface area (Å²) in [5.74, 6) is 1.75. The van der Waals surface area contributed by atoms with Gasteiger partial charge in [-0.3, -0.25) is 24.4 Å². The Labute approximate surface area is 598 Å². The number of nitrogens with two attached hydrogens (primary N) is 1. The second-order valence-electron chi connectivity index (χ2n) is 25.4. The van der Waals surface area contributed by atoms with Gasteiger partial charge in [-0.2, -0.15) is 0 Å². The maximum atomic E-state index is 12.6. The van der Waals surface area contributed by atoms with Crippen molar-refractivity contribution in [2.75, 3.05) is 38.4 Å². The van der Waals surface area contributed by atoms with Gasteiger partial charge in [-0.15, -0.1) is 0 Å². The normalized spacial score (nSPS) is 12.2. The zero-order valence-electron chi connectivity index (χ0n) is 58.7. The molecule has 1 aliphatic rings. The van der Waals surface area contributed by atoms with Crippen molar-refractivity contribution in [1.82, 2.24) is 69.7 Å². The molecule has 9 aromatic heterocycles. The fourth-order valence-corrected chi connectivity index (χ4v) is 11.7. The second kappa shape index (κ2) is 32.4. The Balaban J connectivity index is 0.000000167. The van der Waals surface area contributed by atoms with E-state index in [-0.39, 0.29) is 43.5 Å².